The van der Waals surface area contributed by atoms with Crippen molar-refractivity contribution in [2.75, 3.05) is 18.5 Å². The van der Waals surface area contributed by atoms with E-state index < -0.39 is 0 Å². The summed E-state index contributed by atoms with van der Waals surface area (Å²) < 4.78 is 10.7. The van der Waals surface area contributed by atoms with Crippen LogP contribution in [0.4, 0.5) is 5.00 Å². The van der Waals surface area contributed by atoms with Crippen molar-refractivity contribution < 1.29 is 19.1 Å². The molecule has 1 aliphatic carbocycles. The Kier molecular flexibility index (Phi) is 5.93. The van der Waals surface area contributed by atoms with Crippen molar-refractivity contribution in [3.63, 3.8) is 0 Å². The topological polar surface area (TPSA) is 64.6 Å². The average Bonchev–Trinajstić information content (AvgIpc) is 3.21. The van der Waals surface area contributed by atoms with Crippen LogP contribution in [0.15, 0.2) is 24.3 Å². The molecule has 6 heteroatoms. The van der Waals surface area contributed by atoms with E-state index in [-0.39, 0.29) is 18.5 Å². The van der Waals surface area contributed by atoms with Crippen molar-refractivity contribution >= 4 is 28.2 Å². The van der Waals surface area contributed by atoms with Crippen molar-refractivity contribution in [2.24, 2.45) is 0 Å². The highest BCUT2D eigenvalue weighted by atomic mass is 32.1. The van der Waals surface area contributed by atoms with Gasteiger partial charge in [0.05, 0.1) is 12.2 Å². The van der Waals surface area contributed by atoms with Gasteiger partial charge in [0.25, 0.3) is 5.91 Å². The van der Waals surface area contributed by atoms with Gasteiger partial charge in [-0.15, -0.1) is 11.3 Å². The van der Waals surface area contributed by atoms with E-state index in [1.807, 2.05) is 24.3 Å². The summed E-state index contributed by atoms with van der Waals surface area (Å²) in [7, 11) is 0. The zero-order chi connectivity index (χ0) is 18.5. The normalized spacial score (nSPS) is 12.5. The quantitative estimate of drug-likeness (QED) is 0.745. The molecule has 0 aliphatic heterocycles. The summed E-state index contributed by atoms with van der Waals surface area (Å²) in [5.74, 6) is 0.00459. The predicted octanol–water partition coefficient (Wildman–Crippen LogP) is 3.99. The van der Waals surface area contributed by atoms with Crippen molar-refractivity contribution in [3.05, 3.63) is 45.8 Å². The lowest BCUT2D eigenvalue weighted by Crippen LogP contribution is -2.21. The molecule has 138 valence electrons. The summed E-state index contributed by atoms with van der Waals surface area (Å²) in [5, 5.41) is 3.40. The van der Waals surface area contributed by atoms with E-state index in [0.29, 0.717) is 22.9 Å². The maximum absolute atomic E-state index is 12.3. The van der Waals surface area contributed by atoms with E-state index in [0.717, 1.165) is 31.2 Å². The molecule has 1 aliphatic rings. The molecule has 26 heavy (non-hydrogen) atoms. The maximum atomic E-state index is 12.3. The zero-order valence-corrected chi connectivity index (χ0v) is 15.9. The van der Waals surface area contributed by atoms with E-state index in [4.69, 9.17) is 9.47 Å². The SMILES string of the molecule is CCOC(=O)c1c(NC(=O)COc2ccc(CC)cc2)sc2c1CCC2. The van der Waals surface area contributed by atoms with Gasteiger partial charge < -0.3 is 14.8 Å². The molecule has 1 aromatic heterocycles. The van der Waals surface area contributed by atoms with Gasteiger partial charge in [0.2, 0.25) is 0 Å². The molecule has 1 aromatic carbocycles. The number of hydrogen-bond donors (Lipinski definition) is 1. The van der Waals surface area contributed by atoms with Crippen molar-refractivity contribution in [2.45, 2.75) is 39.5 Å². The Labute approximate surface area is 157 Å². The number of fused-ring (bicyclic) bond motifs is 1. The van der Waals surface area contributed by atoms with Gasteiger partial charge >= 0.3 is 5.97 Å². The Hall–Kier alpha value is -2.34. The third-order valence-electron chi connectivity index (χ3n) is 4.36. The second-order valence-corrected chi connectivity index (χ2v) is 7.22. The number of anilines is 1. The number of esters is 1. The second kappa shape index (κ2) is 8.36. The number of nitrogens with one attached hydrogen (secondary N) is 1. The third-order valence-corrected chi connectivity index (χ3v) is 5.56. The van der Waals surface area contributed by atoms with Crippen molar-refractivity contribution in [1.82, 2.24) is 0 Å². The molecule has 0 bridgehead atoms. The van der Waals surface area contributed by atoms with Crippen LogP contribution in [-0.2, 0) is 28.8 Å². The van der Waals surface area contributed by atoms with E-state index in [9.17, 15) is 9.59 Å². The molecule has 1 heterocycles. The van der Waals surface area contributed by atoms with Crippen molar-refractivity contribution in [1.29, 1.82) is 0 Å². The van der Waals surface area contributed by atoms with Gasteiger partial charge in [0, 0.05) is 4.88 Å². The number of carbonyl (C=O) groups excluding carboxylic acids is 2. The van der Waals surface area contributed by atoms with Gasteiger partial charge in [0.15, 0.2) is 6.61 Å². The first-order valence-corrected chi connectivity index (χ1v) is 9.77. The van der Waals surface area contributed by atoms with Crippen LogP contribution < -0.4 is 10.1 Å². The fourth-order valence-corrected chi connectivity index (χ4v) is 4.34. The standard InChI is InChI=1S/C20H23NO4S/c1-3-13-8-10-14(11-9-13)25-12-17(22)21-19-18(20(23)24-4-2)15-6-5-7-16(15)26-19/h8-11H,3-7,12H2,1-2H3,(H,21,22). The van der Waals surface area contributed by atoms with Crippen LogP contribution in [0.1, 0.15) is 46.6 Å². The minimum Gasteiger partial charge on any atom is -0.484 e. The van der Waals surface area contributed by atoms with Crippen LogP contribution in [0.2, 0.25) is 0 Å². The average molecular weight is 373 g/mol. The van der Waals surface area contributed by atoms with Crippen LogP contribution in [0.25, 0.3) is 0 Å². The molecule has 0 saturated heterocycles. The molecular weight excluding hydrogens is 350 g/mol. The van der Waals surface area contributed by atoms with Crippen LogP contribution in [0.3, 0.4) is 0 Å². The fourth-order valence-electron chi connectivity index (χ4n) is 3.04. The van der Waals surface area contributed by atoms with E-state index >= 15 is 0 Å². The molecule has 0 spiro atoms. The number of amides is 1. The first-order chi connectivity index (χ1) is 12.6. The minimum absolute atomic E-state index is 0.101. The number of hydrogen-bond acceptors (Lipinski definition) is 5. The van der Waals surface area contributed by atoms with Gasteiger partial charge in [-0.25, -0.2) is 4.79 Å². The Morgan fingerprint density at radius 3 is 2.62 bits per heavy atom. The number of thiophene rings is 1. The highest BCUT2D eigenvalue weighted by Crippen LogP contribution is 2.39. The number of benzene rings is 1. The van der Waals surface area contributed by atoms with Gasteiger partial charge in [-0.3, -0.25) is 4.79 Å². The summed E-state index contributed by atoms with van der Waals surface area (Å²) in [6, 6.07) is 7.68. The van der Waals surface area contributed by atoms with E-state index in [2.05, 4.69) is 12.2 Å². The van der Waals surface area contributed by atoms with Gasteiger partial charge in [0.1, 0.15) is 10.8 Å². The van der Waals surface area contributed by atoms with Crippen molar-refractivity contribution in [3.8, 4) is 5.75 Å². The zero-order valence-electron chi connectivity index (χ0n) is 15.1. The van der Waals surface area contributed by atoms with Crippen LogP contribution >= 0.6 is 11.3 Å². The summed E-state index contributed by atoms with van der Waals surface area (Å²) in [5.41, 5.74) is 2.76. The third kappa shape index (κ3) is 4.07. The largest absolute Gasteiger partial charge is 0.484 e. The molecule has 3 rings (SSSR count). The molecule has 0 saturated carbocycles. The first kappa shape index (κ1) is 18.5. The molecule has 0 atom stereocenters. The Balaban J connectivity index is 1.66. The van der Waals surface area contributed by atoms with Gasteiger partial charge in [-0.05, 0) is 55.9 Å². The second-order valence-electron chi connectivity index (χ2n) is 6.12. The smallest absolute Gasteiger partial charge is 0.341 e. The number of aryl methyl sites for hydroxylation is 2. The lowest BCUT2D eigenvalue weighted by atomic mass is 10.1. The Morgan fingerprint density at radius 2 is 1.92 bits per heavy atom. The molecule has 2 aromatic rings. The lowest BCUT2D eigenvalue weighted by molar-refractivity contribution is -0.118. The molecule has 0 fully saturated rings. The Bertz CT molecular complexity index is 795. The summed E-state index contributed by atoms with van der Waals surface area (Å²) in [6.07, 6.45) is 3.80. The number of rotatable bonds is 7. The molecule has 1 amide bonds. The lowest BCUT2D eigenvalue weighted by Gasteiger charge is -2.09. The molecule has 0 unspecified atom stereocenters. The molecular formula is C20H23NO4S. The van der Waals surface area contributed by atoms with E-state index in [1.165, 1.54) is 21.8 Å². The highest BCUT2D eigenvalue weighted by Gasteiger charge is 2.28. The predicted molar refractivity (Wildman–Crippen MR) is 102 cm³/mol. The monoisotopic (exact) mass is 373 g/mol. The summed E-state index contributed by atoms with van der Waals surface area (Å²) in [4.78, 5) is 25.8. The number of ether oxygens (including phenoxy) is 2. The summed E-state index contributed by atoms with van der Waals surface area (Å²) >= 11 is 1.47. The van der Waals surface area contributed by atoms with Crippen LogP contribution in [0.5, 0.6) is 5.75 Å². The first-order valence-electron chi connectivity index (χ1n) is 8.95. The van der Waals surface area contributed by atoms with E-state index in [1.54, 1.807) is 6.92 Å². The minimum atomic E-state index is -0.363. The molecule has 5 nitrogen and oxygen atoms in total. The number of carbonyl (C=O) groups is 2. The summed E-state index contributed by atoms with van der Waals surface area (Å²) in [6.45, 7) is 4.08. The highest BCUT2D eigenvalue weighted by molar-refractivity contribution is 7.17. The van der Waals surface area contributed by atoms with Gasteiger partial charge in [-0.1, -0.05) is 19.1 Å². The fraction of sp³-hybridized carbons (Fsp3) is 0.400. The molecule has 1 N–H and O–H groups in total. The molecule has 0 radical (unpaired) electrons. The maximum Gasteiger partial charge on any atom is 0.341 e. The Morgan fingerprint density at radius 1 is 1.15 bits per heavy atom. The van der Waals surface area contributed by atoms with Gasteiger partial charge in [-0.2, -0.15) is 0 Å². The van der Waals surface area contributed by atoms with Crippen LogP contribution in [-0.4, -0.2) is 25.1 Å². The van der Waals surface area contributed by atoms with Crippen LogP contribution in [0, 0.1) is 0 Å².